The van der Waals surface area contributed by atoms with Crippen molar-refractivity contribution in [3.05, 3.63) is 54.6 Å². The maximum Gasteiger partial charge on any atom is 0.143 e. The number of benzene rings is 3. The molecule has 0 aliphatic heterocycles. The predicted molar refractivity (Wildman–Crippen MR) is 76.2 cm³/mol. The Hall–Kier alpha value is -2.68. The van der Waals surface area contributed by atoms with E-state index >= 15 is 0 Å². The summed E-state index contributed by atoms with van der Waals surface area (Å²) in [7, 11) is 0. The van der Waals surface area contributed by atoms with Crippen molar-refractivity contribution in [2.45, 2.75) is 0 Å². The SMILES string of the molecule is Oc1cccc2nc3cc4ccccc4cc3nc12. The van der Waals surface area contributed by atoms with Gasteiger partial charge in [0.2, 0.25) is 0 Å². The molecule has 0 saturated carbocycles. The molecule has 4 aromatic rings. The number of phenolic OH excluding ortho intramolecular Hbond substituents is 1. The van der Waals surface area contributed by atoms with E-state index in [1.54, 1.807) is 12.1 Å². The molecule has 1 aromatic heterocycles. The van der Waals surface area contributed by atoms with Crippen molar-refractivity contribution < 1.29 is 5.11 Å². The highest BCUT2D eigenvalue weighted by Gasteiger charge is 2.06. The molecule has 1 N–H and O–H groups in total. The highest BCUT2D eigenvalue weighted by molar-refractivity contribution is 5.98. The number of nitrogens with zero attached hydrogens (tertiary/aromatic N) is 2. The summed E-state index contributed by atoms with van der Waals surface area (Å²) in [5.74, 6) is 0.167. The summed E-state index contributed by atoms with van der Waals surface area (Å²) in [6.45, 7) is 0. The summed E-state index contributed by atoms with van der Waals surface area (Å²) in [6, 6.07) is 17.4. The van der Waals surface area contributed by atoms with Gasteiger partial charge in [0, 0.05) is 0 Å². The number of phenols is 1. The highest BCUT2D eigenvalue weighted by atomic mass is 16.3. The zero-order valence-electron chi connectivity index (χ0n) is 10.0. The molecule has 0 fully saturated rings. The molecule has 4 rings (SSSR count). The second-order valence-corrected chi connectivity index (χ2v) is 4.56. The number of hydrogen-bond acceptors (Lipinski definition) is 3. The minimum Gasteiger partial charge on any atom is -0.506 e. The predicted octanol–water partition coefficient (Wildman–Crippen LogP) is 3.64. The number of aromatic hydroxyl groups is 1. The third kappa shape index (κ3) is 1.52. The third-order valence-electron chi connectivity index (χ3n) is 3.31. The average molecular weight is 246 g/mol. The zero-order valence-corrected chi connectivity index (χ0v) is 10.0. The van der Waals surface area contributed by atoms with Crippen molar-refractivity contribution in [1.29, 1.82) is 0 Å². The maximum atomic E-state index is 9.84. The summed E-state index contributed by atoms with van der Waals surface area (Å²) in [4.78, 5) is 9.08. The van der Waals surface area contributed by atoms with E-state index in [1.165, 1.54) is 0 Å². The lowest BCUT2D eigenvalue weighted by atomic mass is 10.1. The maximum absolute atomic E-state index is 9.84. The van der Waals surface area contributed by atoms with Gasteiger partial charge in [0.15, 0.2) is 0 Å². The van der Waals surface area contributed by atoms with Crippen LogP contribution in [-0.4, -0.2) is 15.1 Å². The Kier molecular flexibility index (Phi) is 1.97. The van der Waals surface area contributed by atoms with E-state index in [4.69, 9.17) is 0 Å². The van der Waals surface area contributed by atoms with Gasteiger partial charge in [0.05, 0.1) is 16.6 Å². The van der Waals surface area contributed by atoms with Gasteiger partial charge in [-0.2, -0.15) is 0 Å². The first-order chi connectivity index (χ1) is 9.31. The minimum atomic E-state index is 0.167. The zero-order chi connectivity index (χ0) is 12.8. The summed E-state index contributed by atoms with van der Waals surface area (Å²) in [5, 5.41) is 12.1. The van der Waals surface area contributed by atoms with Gasteiger partial charge in [-0.3, -0.25) is 0 Å². The number of fused-ring (bicyclic) bond motifs is 3. The number of aromatic nitrogens is 2. The number of hydrogen-bond donors (Lipinski definition) is 1. The van der Waals surface area contributed by atoms with Gasteiger partial charge in [-0.15, -0.1) is 0 Å². The molecule has 0 unspecified atom stereocenters. The van der Waals surface area contributed by atoms with E-state index in [9.17, 15) is 5.11 Å². The van der Waals surface area contributed by atoms with Crippen LogP contribution in [0.2, 0.25) is 0 Å². The normalized spacial score (nSPS) is 11.4. The lowest BCUT2D eigenvalue weighted by Gasteiger charge is -2.04. The fourth-order valence-corrected chi connectivity index (χ4v) is 2.37. The Morgan fingerprint density at radius 3 is 2.11 bits per heavy atom. The number of rotatable bonds is 0. The molecule has 0 atom stereocenters. The molecule has 0 aliphatic rings. The van der Waals surface area contributed by atoms with Crippen molar-refractivity contribution >= 4 is 32.8 Å². The van der Waals surface area contributed by atoms with E-state index in [2.05, 4.69) is 16.0 Å². The molecule has 3 aromatic carbocycles. The van der Waals surface area contributed by atoms with Crippen LogP contribution in [0.25, 0.3) is 32.8 Å². The van der Waals surface area contributed by atoms with Crippen LogP contribution in [0, 0.1) is 0 Å². The lowest BCUT2D eigenvalue weighted by molar-refractivity contribution is 0.480. The van der Waals surface area contributed by atoms with Gasteiger partial charge in [-0.05, 0) is 35.0 Å². The van der Waals surface area contributed by atoms with Gasteiger partial charge in [0.25, 0.3) is 0 Å². The Morgan fingerprint density at radius 1 is 0.684 bits per heavy atom. The van der Waals surface area contributed by atoms with Crippen molar-refractivity contribution in [3.8, 4) is 5.75 Å². The molecule has 19 heavy (non-hydrogen) atoms. The summed E-state index contributed by atoms with van der Waals surface area (Å²) in [6.07, 6.45) is 0. The molecule has 0 aliphatic carbocycles. The van der Waals surface area contributed by atoms with Crippen LogP contribution in [0.1, 0.15) is 0 Å². The van der Waals surface area contributed by atoms with Gasteiger partial charge < -0.3 is 5.11 Å². The van der Waals surface area contributed by atoms with Crippen LogP contribution in [0.15, 0.2) is 54.6 Å². The summed E-state index contributed by atoms with van der Waals surface area (Å²) < 4.78 is 0. The molecule has 0 spiro atoms. The monoisotopic (exact) mass is 246 g/mol. The van der Waals surface area contributed by atoms with Gasteiger partial charge >= 0.3 is 0 Å². The molecule has 0 radical (unpaired) electrons. The molecular formula is C16H10N2O. The van der Waals surface area contributed by atoms with Crippen LogP contribution in [-0.2, 0) is 0 Å². The van der Waals surface area contributed by atoms with E-state index in [0.29, 0.717) is 11.0 Å². The van der Waals surface area contributed by atoms with Crippen LogP contribution in [0.3, 0.4) is 0 Å². The molecule has 90 valence electrons. The van der Waals surface area contributed by atoms with E-state index in [1.807, 2.05) is 36.4 Å². The van der Waals surface area contributed by atoms with Gasteiger partial charge in [-0.1, -0.05) is 30.3 Å². The standard InChI is InChI=1S/C16H10N2O/c19-15-7-3-6-12-16(15)18-14-9-11-5-2-1-4-10(11)8-13(14)17-12/h1-9,19H. The molecule has 0 saturated heterocycles. The third-order valence-corrected chi connectivity index (χ3v) is 3.31. The van der Waals surface area contributed by atoms with Crippen LogP contribution < -0.4 is 0 Å². The first kappa shape index (κ1) is 10.3. The second kappa shape index (κ2) is 3.65. The first-order valence-corrected chi connectivity index (χ1v) is 6.09. The summed E-state index contributed by atoms with van der Waals surface area (Å²) in [5.41, 5.74) is 2.90. The Bertz CT molecular complexity index is 931. The smallest absolute Gasteiger partial charge is 0.143 e. The van der Waals surface area contributed by atoms with Gasteiger partial charge in [0.1, 0.15) is 11.3 Å². The Morgan fingerprint density at radius 2 is 1.37 bits per heavy atom. The largest absolute Gasteiger partial charge is 0.506 e. The van der Waals surface area contributed by atoms with Crippen LogP contribution in [0.4, 0.5) is 0 Å². The van der Waals surface area contributed by atoms with E-state index in [0.717, 1.165) is 21.8 Å². The van der Waals surface area contributed by atoms with Gasteiger partial charge in [-0.25, -0.2) is 9.97 Å². The topological polar surface area (TPSA) is 46.0 Å². The van der Waals surface area contributed by atoms with E-state index < -0.39 is 0 Å². The highest BCUT2D eigenvalue weighted by Crippen LogP contribution is 2.26. The van der Waals surface area contributed by atoms with Crippen molar-refractivity contribution in [2.24, 2.45) is 0 Å². The quantitative estimate of drug-likeness (QED) is 0.482. The van der Waals surface area contributed by atoms with Crippen molar-refractivity contribution in [3.63, 3.8) is 0 Å². The van der Waals surface area contributed by atoms with Crippen LogP contribution in [0.5, 0.6) is 5.75 Å². The van der Waals surface area contributed by atoms with E-state index in [-0.39, 0.29) is 5.75 Å². The van der Waals surface area contributed by atoms with Crippen molar-refractivity contribution in [1.82, 2.24) is 9.97 Å². The number of para-hydroxylation sites is 1. The molecule has 1 heterocycles. The first-order valence-electron chi connectivity index (χ1n) is 6.09. The lowest BCUT2D eigenvalue weighted by Crippen LogP contribution is -1.88. The second-order valence-electron chi connectivity index (χ2n) is 4.56. The van der Waals surface area contributed by atoms with Crippen LogP contribution >= 0.6 is 0 Å². The average Bonchev–Trinajstić information content (AvgIpc) is 2.44. The molecule has 0 amide bonds. The molecule has 0 bridgehead atoms. The fraction of sp³-hybridized carbons (Fsp3) is 0. The molecular weight excluding hydrogens is 236 g/mol. The summed E-state index contributed by atoms with van der Waals surface area (Å²) >= 11 is 0. The fourth-order valence-electron chi connectivity index (χ4n) is 2.37. The Balaban J connectivity index is 2.20. The van der Waals surface area contributed by atoms with Crippen molar-refractivity contribution in [2.75, 3.05) is 0 Å². The minimum absolute atomic E-state index is 0.167. The molecule has 3 heteroatoms. The molecule has 3 nitrogen and oxygen atoms in total. The Labute approximate surface area is 109 Å².